The van der Waals surface area contributed by atoms with Gasteiger partial charge in [-0.1, -0.05) is 75.4 Å². The van der Waals surface area contributed by atoms with Gasteiger partial charge in [-0.05, 0) is 35.1 Å². The maximum Gasteiger partial charge on any atom is 0.0390 e. The first-order chi connectivity index (χ1) is 10.1. The molecular weight excluding hydrogens is 254 g/mol. The molecule has 1 heteroatoms. The van der Waals surface area contributed by atoms with E-state index in [0.29, 0.717) is 12.0 Å². The fraction of sp³-hybridized carbons (Fsp3) is 0.400. The second-order valence-corrected chi connectivity index (χ2v) is 7.11. The van der Waals surface area contributed by atoms with Crippen molar-refractivity contribution in [1.82, 2.24) is 5.32 Å². The Hall–Kier alpha value is -1.60. The summed E-state index contributed by atoms with van der Waals surface area (Å²) in [4.78, 5) is 0. The summed E-state index contributed by atoms with van der Waals surface area (Å²) < 4.78 is 0. The zero-order valence-corrected chi connectivity index (χ0v) is 13.3. The van der Waals surface area contributed by atoms with Crippen molar-refractivity contribution >= 4 is 0 Å². The lowest BCUT2D eigenvalue weighted by molar-refractivity contribution is 0.571. The summed E-state index contributed by atoms with van der Waals surface area (Å²) in [7, 11) is 0. The Kier molecular flexibility index (Phi) is 3.86. The zero-order valence-electron chi connectivity index (χ0n) is 13.3. The lowest BCUT2D eigenvalue weighted by Gasteiger charge is -2.23. The van der Waals surface area contributed by atoms with Crippen LogP contribution in [0.15, 0.2) is 54.6 Å². The molecule has 0 amide bonds. The van der Waals surface area contributed by atoms with Crippen LogP contribution in [-0.2, 0) is 5.41 Å². The Morgan fingerprint density at radius 3 is 2.14 bits per heavy atom. The molecule has 1 nitrogen and oxygen atoms in total. The SMILES string of the molecule is CC(C)(C)c1ccc(C2NCCC2c2ccccc2)cc1. The van der Waals surface area contributed by atoms with Crippen molar-refractivity contribution in [3.05, 3.63) is 71.3 Å². The van der Waals surface area contributed by atoms with Crippen molar-refractivity contribution in [3.8, 4) is 0 Å². The summed E-state index contributed by atoms with van der Waals surface area (Å²) in [5.74, 6) is 0.590. The van der Waals surface area contributed by atoms with Gasteiger partial charge < -0.3 is 5.32 Å². The lowest BCUT2D eigenvalue weighted by Crippen LogP contribution is -2.18. The van der Waals surface area contributed by atoms with Crippen molar-refractivity contribution in [2.45, 2.75) is 44.6 Å². The molecule has 1 fully saturated rings. The Balaban J connectivity index is 1.86. The molecule has 2 aromatic carbocycles. The van der Waals surface area contributed by atoms with Gasteiger partial charge in [0.15, 0.2) is 0 Å². The minimum absolute atomic E-state index is 0.223. The monoisotopic (exact) mass is 279 g/mol. The predicted octanol–water partition coefficient (Wildman–Crippen LogP) is 4.80. The van der Waals surface area contributed by atoms with E-state index < -0.39 is 0 Å². The van der Waals surface area contributed by atoms with Gasteiger partial charge in [0.05, 0.1) is 0 Å². The normalized spacial score (nSPS) is 22.4. The van der Waals surface area contributed by atoms with E-state index in [1.165, 1.54) is 23.1 Å². The van der Waals surface area contributed by atoms with E-state index in [0.717, 1.165) is 6.54 Å². The van der Waals surface area contributed by atoms with Crippen molar-refractivity contribution in [3.63, 3.8) is 0 Å². The molecule has 0 saturated carbocycles. The molecule has 1 heterocycles. The van der Waals surface area contributed by atoms with Crippen LogP contribution in [0.3, 0.4) is 0 Å². The smallest absolute Gasteiger partial charge is 0.0390 e. The summed E-state index contributed by atoms with van der Waals surface area (Å²) in [5.41, 5.74) is 4.49. The number of nitrogens with one attached hydrogen (secondary N) is 1. The molecule has 1 saturated heterocycles. The topological polar surface area (TPSA) is 12.0 Å². The summed E-state index contributed by atoms with van der Waals surface area (Å²) in [5, 5.41) is 3.68. The van der Waals surface area contributed by atoms with Gasteiger partial charge in [-0.25, -0.2) is 0 Å². The molecule has 3 rings (SSSR count). The maximum atomic E-state index is 3.68. The van der Waals surface area contributed by atoms with Crippen molar-refractivity contribution in [1.29, 1.82) is 0 Å². The van der Waals surface area contributed by atoms with E-state index in [-0.39, 0.29) is 5.41 Å². The Morgan fingerprint density at radius 2 is 1.52 bits per heavy atom. The Labute approximate surface area is 128 Å². The number of rotatable bonds is 2. The molecule has 0 aliphatic carbocycles. The fourth-order valence-corrected chi connectivity index (χ4v) is 3.30. The van der Waals surface area contributed by atoms with Gasteiger partial charge in [0.1, 0.15) is 0 Å². The van der Waals surface area contributed by atoms with E-state index >= 15 is 0 Å². The van der Waals surface area contributed by atoms with Crippen LogP contribution in [0.4, 0.5) is 0 Å². The minimum Gasteiger partial charge on any atom is -0.309 e. The van der Waals surface area contributed by atoms with Crippen molar-refractivity contribution in [2.75, 3.05) is 6.54 Å². The largest absolute Gasteiger partial charge is 0.309 e. The molecule has 2 atom stereocenters. The van der Waals surface area contributed by atoms with Crippen LogP contribution in [0.5, 0.6) is 0 Å². The summed E-state index contributed by atoms with van der Waals surface area (Å²) >= 11 is 0. The highest BCUT2D eigenvalue weighted by atomic mass is 15.0. The van der Waals surface area contributed by atoms with Crippen LogP contribution >= 0.6 is 0 Å². The molecule has 1 N–H and O–H groups in total. The van der Waals surface area contributed by atoms with E-state index in [4.69, 9.17) is 0 Å². The van der Waals surface area contributed by atoms with Crippen LogP contribution in [0.1, 0.15) is 55.8 Å². The van der Waals surface area contributed by atoms with Crippen molar-refractivity contribution in [2.24, 2.45) is 0 Å². The molecule has 21 heavy (non-hydrogen) atoms. The van der Waals surface area contributed by atoms with E-state index in [1.54, 1.807) is 0 Å². The Morgan fingerprint density at radius 1 is 0.857 bits per heavy atom. The molecule has 0 spiro atoms. The average molecular weight is 279 g/mol. The van der Waals surface area contributed by atoms with Gasteiger partial charge in [-0.15, -0.1) is 0 Å². The van der Waals surface area contributed by atoms with Crippen LogP contribution in [0.2, 0.25) is 0 Å². The third-order valence-electron chi connectivity index (χ3n) is 4.59. The minimum atomic E-state index is 0.223. The summed E-state index contributed by atoms with van der Waals surface area (Å²) in [6.45, 7) is 7.90. The average Bonchev–Trinajstić information content (AvgIpc) is 2.97. The van der Waals surface area contributed by atoms with E-state index in [9.17, 15) is 0 Å². The number of hydrogen-bond acceptors (Lipinski definition) is 1. The van der Waals surface area contributed by atoms with Crippen molar-refractivity contribution < 1.29 is 0 Å². The van der Waals surface area contributed by atoms with Crippen LogP contribution in [0.25, 0.3) is 0 Å². The van der Waals surface area contributed by atoms with Crippen LogP contribution < -0.4 is 5.32 Å². The summed E-state index contributed by atoms with van der Waals surface area (Å²) in [6.07, 6.45) is 1.22. The fourth-order valence-electron chi connectivity index (χ4n) is 3.30. The molecular formula is C20H25N. The van der Waals surface area contributed by atoms with E-state index in [1.807, 2.05) is 0 Å². The highest BCUT2D eigenvalue weighted by molar-refractivity contribution is 5.33. The van der Waals surface area contributed by atoms with Crippen LogP contribution in [0, 0.1) is 0 Å². The number of benzene rings is 2. The second kappa shape index (κ2) is 5.65. The molecule has 2 unspecified atom stereocenters. The third kappa shape index (κ3) is 3.03. The molecule has 110 valence electrons. The lowest BCUT2D eigenvalue weighted by atomic mass is 9.84. The molecule has 0 radical (unpaired) electrons. The first kappa shape index (κ1) is 14.3. The van der Waals surface area contributed by atoms with Gasteiger partial charge in [0.2, 0.25) is 0 Å². The first-order valence-corrected chi connectivity index (χ1v) is 7.94. The third-order valence-corrected chi connectivity index (χ3v) is 4.59. The quantitative estimate of drug-likeness (QED) is 0.832. The zero-order chi connectivity index (χ0) is 14.9. The van der Waals surface area contributed by atoms with Gasteiger partial charge in [-0.2, -0.15) is 0 Å². The van der Waals surface area contributed by atoms with Crippen LogP contribution in [-0.4, -0.2) is 6.54 Å². The predicted molar refractivity (Wildman–Crippen MR) is 89.7 cm³/mol. The van der Waals surface area contributed by atoms with Gasteiger partial charge in [-0.3, -0.25) is 0 Å². The molecule has 1 aliphatic rings. The highest BCUT2D eigenvalue weighted by Crippen LogP contribution is 2.38. The molecule has 1 aliphatic heterocycles. The highest BCUT2D eigenvalue weighted by Gasteiger charge is 2.29. The second-order valence-electron chi connectivity index (χ2n) is 7.11. The van der Waals surface area contributed by atoms with E-state index in [2.05, 4.69) is 80.7 Å². The molecule has 0 aromatic heterocycles. The molecule has 2 aromatic rings. The van der Waals surface area contributed by atoms with Gasteiger partial charge in [0.25, 0.3) is 0 Å². The first-order valence-electron chi connectivity index (χ1n) is 7.94. The maximum absolute atomic E-state index is 3.68. The molecule has 0 bridgehead atoms. The standard InChI is InChI=1S/C20H25N/c1-20(2,3)17-11-9-16(10-12-17)19-18(13-14-21-19)15-7-5-4-6-8-15/h4-12,18-19,21H,13-14H2,1-3H3. The Bertz CT molecular complexity index is 577. The van der Waals surface area contributed by atoms with Gasteiger partial charge >= 0.3 is 0 Å². The van der Waals surface area contributed by atoms with Gasteiger partial charge in [0, 0.05) is 12.0 Å². The summed E-state index contributed by atoms with van der Waals surface area (Å²) in [6, 6.07) is 20.5. The number of hydrogen-bond donors (Lipinski definition) is 1.